The van der Waals surface area contributed by atoms with Crippen LogP contribution in [0.25, 0.3) is 11.1 Å². The lowest BCUT2D eigenvalue weighted by Crippen LogP contribution is -2.28. The number of halogens is 3. The molecule has 0 unspecified atom stereocenters. The maximum atomic E-state index is 13.8. The number of hydrogen-bond donors (Lipinski definition) is 2. The number of pyridine rings is 1. The SMILES string of the molecule is CN(C)c1cc(NC(=O)OC(C)(C)C)c(NC(=O)CC(=O)c2cccc(-c3cccnc3)c2)cc1C(F)(F)F. The first-order valence-electron chi connectivity index (χ1n) is 11.9. The highest BCUT2D eigenvalue weighted by molar-refractivity contribution is 6.12. The van der Waals surface area contributed by atoms with Crippen LogP contribution >= 0.6 is 0 Å². The summed E-state index contributed by atoms with van der Waals surface area (Å²) in [6.45, 7) is 4.88. The number of ketones is 1. The maximum absolute atomic E-state index is 13.8. The lowest BCUT2D eigenvalue weighted by Gasteiger charge is -2.24. The lowest BCUT2D eigenvalue weighted by molar-refractivity contribution is -0.137. The topological polar surface area (TPSA) is 101 Å². The van der Waals surface area contributed by atoms with Gasteiger partial charge in [0.2, 0.25) is 5.91 Å². The van der Waals surface area contributed by atoms with Crippen molar-refractivity contribution in [3.63, 3.8) is 0 Å². The number of carbonyl (C=O) groups is 3. The zero-order valence-electron chi connectivity index (χ0n) is 22.1. The molecule has 1 aromatic heterocycles. The van der Waals surface area contributed by atoms with E-state index >= 15 is 0 Å². The van der Waals surface area contributed by atoms with Crippen LogP contribution in [0, 0.1) is 0 Å². The monoisotopic (exact) mass is 542 g/mol. The molecule has 2 amide bonds. The molecule has 0 atom stereocenters. The summed E-state index contributed by atoms with van der Waals surface area (Å²) in [5.74, 6) is -1.40. The predicted molar refractivity (Wildman–Crippen MR) is 143 cm³/mol. The first-order valence-corrected chi connectivity index (χ1v) is 11.9. The average Bonchev–Trinajstić information content (AvgIpc) is 2.83. The third kappa shape index (κ3) is 8.03. The number of ether oxygens (including phenoxy) is 1. The van der Waals surface area contributed by atoms with Gasteiger partial charge in [-0.2, -0.15) is 13.2 Å². The second kappa shape index (κ2) is 11.5. The normalized spacial score (nSPS) is 11.5. The molecule has 0 bridgehead atoms. The Hall–Kier alpha value is -4.41. The summed E-state index contributed by atoms with van der Waals surface area (Å²) in [7, 11) is 2.83. The molecular formula is C28H29F3N4O4. The highest BCUT2D eigenvalue weighted by Gasteiger charge is 2.36. The fraction of sp³-hybridized carbons (Fsp3) is 0.286. The molecule has 0 aliphatic rings. The van der Waals surface area contributed by atoms with Crippen molar-refractivity contribution in [1.29, 1.82) is 0 Å². The minimum Gasteiger partial charge on any atom is -0.444 e. The van der Waals surface area contributed by atoms with Crippen molar-refractivity contribution in [3.8, 4) is 11.1 Å². The Morgan fingerprint density at radius 3 is 2.18 bits per heavy atom. The van der Waals surface area contributed by atoms with Gasteiger partial charge in [-0.15, -0.1) is 0 Å². The van der Waals surface area contributed by atoms with Crippen LogP contribution in [0.4, 0.5) is 35.0 Å². The van der Waals surface area contributed by atoms with Crippen LogP contribution < -0.4 is 15.5 Å². The molecule has 11 heteroatoms. The number of aromatic nitrogens is 1. The standard InChI is InChI=1S/C28H29F3N4O4/c1-27(2,3)39-26(38)34-22-14-23(35(4)5)20(28(29,30)31)13-21(22)33-25(37)15-24(36)18-9-6-8-17(12-18)19-10-7-11-32-16-19/h6-14,16H,15H2,1-5H3,(H,33,37)(H,34,38). The number of nitrogens with zero attached hydrogens (tertiary/aromatic N) is 2. The number of carbonyl (C=O) groups excluding carboxylic acids is 3. The second-order valence-corrected chi connectivity index (χ2v) is 9.90. The van der Waals surface area contributed by atoms with Gasteiger partial charge in [0, 0.05) is 37.6 Å². The minimum absolute atomic E-state index is 0.125. The van der Waals surface area contributed by atoms with Gasteiger partial charge >= 0.3 is 12.3 Å². The van der Waals surface area contributed by atoms with Crippen molar-refractivity contribution >= 4 is 34.8 Å². The Labute approximate surface area is 224 Å². The number of Topliss-reactive ketones (excluding diaryl/α,β-unsaturated/α-hetero) is 1. The number of rotatable bonds is 7. The molecule has 3 rings (SSSR count). The molecule has 0 saturated heterocycles. The smallest absolute Gasteiger partial charge is 0.418 e. The van der Waals surface area contributed by atoms with Crippen LogP contribution in [0.5, 0.6) is 0 Å². The second-order valence-electron chi connectivity index (χ2n) is 9.90. The lowest BCUT2D eigenvalue weighted by atomic mass is 10.0. The van der Waals surface area contributed by atoms with Gasteiger partial charge in [0.1, 0.15) is 5.60 Å². The van der Waals surface area contributed by atoms with Crippen LogP contribution in [-0.4, -0.2) is 42.5 Å². The molecule has 206 valence electrons. The van der Waals surface area contributed by atoms with Crippen LogP contribution in [0.2, 0.25) is 0 Å². The third-order valence-electron chi connectivity index (χ3n) is 5.33. The third-order valence-corrected chi connectivity index (χ3v) is 5.33. The largest absolute Gasteiger partial charge is 0.444 e. The summed E-state index contributed by atoms with van der Waals surface area (Å²) in [6.07, 6.45) is -3.08. The van der Waals surface area contributed by atoms with Gasteiger partial charge < -0.3 is 15.0 Å². The van der Waals surface area contributed by atoms with E-state index in [1.165, 1.54) is 19.0 Å². The molecule has 0 radical (unpaired) electrons. The van der Waals surface area contributed by atoms with Crippen molar-refractivity contribution in [1.82, 2.24) is 4.98 Å². The van der Waals surface area contributed by atoms with E-state index in [4.69, 9.17) is 4.74 Å². The van der Waals surface area contributed by atoms with E-state index in [-0.39, 0.29) is 22.6 Å². The molecule has 1 heterocycles. The van der Waals surface area contributed by atoms with E-state index in [1.807, 2.05) is 6.07 Å². The van der Waals surface area contributed by atoms with Crippen molar-refractivity contribution in [2.24, 2.45) is 0 Å². The number of anilines is 3. The Morgan fingerprint density at radius 2 is 1.59 bits per heavy atom. The van der Waals surface area contributed by atoms with E-state index in [0.29, 0.717) is 11.6 Å². The van der Waals surface area contributed by atoms with E-state index in [9.17, 15) is 27.6 Å². The fourth-order valence-electron chi connectivity index (χ4n) is 3.65. The zero-order chi connectivity index (χ0) is 29.0. The molecule has 2 aromatic carbocycles. The van der Waals surface area contributed by atoms with Gasteiger partial charge in [0.05, 0.1) is 29.0 Å². The molecule has 8 nitrogen and oxygen atoms in total. The summed E-state index contributed by atoms with van der Waals surface area (Å²) >= 11 is 0. The number of nitrogens with one attached hydrogen (secondary N) is 2. The summed E-state index contributed by atoms with van der Waals surface area (Å²) in [6, 6.07) is 12.0. The first-order chi connectivity index (χ1) is 18.1. The Kier molecular flexibility index (Phi) is 8.63. The van der Waals surface area contributed by atoms with Crippen molar-refractivity contribution < 1.29 is 32.3 Å². The zero-order valence-corrected chi connectivity index (χ0v) is 22.1. The van der Waals surface area contributed by atoms with E-state index < -0.39 is 41.5 Å². The van der Waals surface area contributed by atoms with E-state index in [2.05, 4.69) is 15.6 Å². The molecule has 2 N–H and O–H groups in total. The number of amides is 2. The highest BCUT2D eigenvalue weighted by Crippen LogP contribution is 2.41. The maximum Gasteiger partial charge on any atom is 0.418 e. The minimum atomic E-state index is -4.76. The van der Waals surface area contributed by atoms with Gasteiger partial charge in [0.15, 0.2) is 5.78 Å². The Morgan fingerprint density at radius 1 is 0.923 bits per heavy atom. The van der Waals surface area contributed by atoms with Gasteiger partial charge in [-0.1, -0.05) is 24.3 Å². The Bertz CT molecular complexity index is 1370. The molecular weight excluding hydrogens is 513 g/mol. The summed E-state index contributed by atoms with van der Waals surface area (Å²) in [5.41, 5.74) is -0.871. The summed E-state index contributed by atoms with van der Waals surface area (Å²) < 4.78 is 46.7. The van der Waals surface area contributed by atoms with Crippen LogP contribution in [0.15, 0.2) is 60.9 Å². The quantitative estimate of drug-likeness (QED) is 0.265. The van der Waals surface area contributed by atoms with E-state index in [1.54, 1.807) is 63.5 Å². The molecule has 0 fully saturated rings. The number of benzene rings is 2. The summed E-state index contributed by atoms with van der Waals surface area (Å²) in [4.78, 5) is 43.4. The van der Waals surface area contributed by atoms with Crippen molar-refractivity contribution in [2.75, 3.05) is 29.6 Å². The Balaban J connectivity index is 1.89. The average molecular weight is 543 g/mol. The van der Waals surface area contributed by atoms with Crippen molar-refractivity contribution in [2.45, 2.75) is 39.0 Å². The van der Waals surface area contributed by atoms with Gasteiger partial charge in [-0.3, -0.25) is 19.9 Å². The fourth-order valence-corrected chi connectivity index (χ4v) is 3.65. The van der Waals surface area contributed by atoms with Crippen molar-refractivity contribution in [3.05, 3.63) is 72.1 Å². The first kappa shape index (κ1) is 29.2. The number of hydrogen-bond acceptors (Lipinski definition) is 6. The molecule has 0 saturated carbocycles. The predicted octanol–water partition coefficient (Wildman–Crippen LogP) is 6.39. The van der Waals surface area contributed by atoms with Gasteiger partial charge in [0.25, 0.3) is 0 Å². The molecule has 0 aliphatic heterocycles. The van der Waals surface area contributed by atoms with Gasteiger partial charge in [-0.05, 0) is 50.6 Å². The highest BCUT2D eigenvalue weighted by atomic mass is 19.4. The molecule has 0 aliphatic carbocycles. The number of alkyl halides is 3. The van der Waals surface area contributed by atoms with E-state index in [0.717, 1.165) is 11.6 Å². The van der Waals surface area contributed by atoms with Crippen LogP contribution in [0.3, 0.4) is 0 Å². The summed E-state index contributed by atoms with van der Waals surface area (Å²) in [5, 5.41) is 4.74. The van der Waals surface area contributed by atoms with Crippen LogP contribution in [0.1, 0.15) is 43.1 Å². The molecule has 39 heavy (non-hydrogen) atoms. The molecule has 3 aromatic rings. The molecule has 0 spiro atoms. The van der Waals surface area contributed by atoms with Crippen LogP contribution in [-0.2, 0) is 15.7 Å². The van der Waals surface area contributed by atoms with Gasteiger partial charge in [-0.25, -0.2) is 4.79 Å².